The summed E-state index contributed by atoms with van der Waals surface area (Å²) in [6.07, 6.45) is 21.2. The number of aliphatic carboxylic acids is 2. The van der Waals surface area contributed by atoms with Crippen LogP contribution in [-0.4, -0.2) is 87.0 Å². The smallest absolute Gasteiger partial charge is 0.311 e. The lowest BCUT2D eigenvalue weighted by Gasteiger charge is -2.29. The summed E-state index contributed by atoms with van der Waals surface area (Å²) in [5.41, 5.74) is 14.9. The number of carboxylic acids is 2. The molecule has 16 heteroatoms. The summed E-state index contributed by atoms with van der Waals surface area (Å²) >= 11 is 0. The third kappa shape index (κ3) is 18.7. The maximum absolute atomic E-state index is 12.8. The molecule has 84 heavy (non-hydrogen) atoms. The van der Waals surface area contributed by atoms with E-state index in [9.17, 15) is 28.8 Å². The van der Waals surface area contributed by atoms with Gasteiger partial charge in [-0.25, -0.2) is 4.98 Å². The van der Waals surface area contributed by atoms with E-state index in [0.717, 1.165) is 120 Å². The predicted molar refractivity (Wildman–Crippen MR) is 328 cm³/mol. The predicted octanol–water partition coefficient (Wildman–Crippen LogP) is 13.6. The molecule has 0 radical (unpaired) electrons. The van der Waals surface area contributed by atoms with Gasteiger partial charge in [0, 0.05) is 43.5 Å². The van der Waals surface area contributed by atoms with Crippen molar-refractivity contribution < 1.29 is 43.7 Å². The van der Waals surface area contributed by atoms with E-state index in [-0.39, 0.29) is 85.5 Å². The summed E-state index contributed by atoms with van der Waals surface area (Å²) in [4.78, 5) is 99.2. The molecule has 0 aromatic carbocycles. The number of ketones is 3. The summed E-state index contributed by atoms with van der Waals surface area (Å²) < 4.78 is 5.06. The fourth-order valence-corrected chi connectivity index (χ4v) is 10.4. The van der Waals surface area contributed by atoms with Gasteiger partial charge in [0.05, 0.1) is 71.4 Å². The fraction of sp³-hybridized carbons (Fsp3) is 0.441. The SMILES string of the molecule is C.CCOC(=O)Cc1ccc(CC(=O)c2cc(C)c[nH]2)c(C2=CCC(C)(C)CC2)n1.Cc1c[nH]c(C(=O)Cc2ccc(CC(=O)O)nc2C2=CCC(C)(C)CC2)c1.Cc1cnc(C(=O)Cc2ccc(CC(=O)O)nc2C2=CCC(C)(C)CC2)[nH]1. The number of aryl methyl sites for hydroxylation is 3. The Bertz CT molecular complexity index is 3320. The molecule has 3 aliphatic carbocycles. The lowest BCUT2D eigenvalue weighted by molar-refractivity contribution is -0.142. The number of pyridine rings is 3. The third-order valence-electron chi connectivity index (χ3n) is 15.5. The second-order valence-corrected chi connectivity index (χ2v) is 24.7. The Morgan fingerprint density at radius 1 is 0.536 bits per heavy atom. The molecule has 0 saturated carbocycles. The molecule has 0 amide bonds. The molecule has 5 N–H and O–H groups in total. The topological polar surface area (TPSA) is 251 Å². The van der Waals surface area contributed by atoms with Crippen LogP contribution in [0, 0.1) is 37.0 Å². The standard InChI is InChI=1S/C24H30N2O3.C22H26N2O3.C21H25N3O3.CH4/c1-5-29-22(28)14-19-7-6-18(13-21(27)20-12-16(2)15-25-20)23(26-19)17-8-10-24(3,4)11-9-17;1-14-10-18(23-13-14)19(25)11-16-4-5-17(12-20(26)27)24-21(16)15-6-8-22(2,3)9-7-15;1-13-12-22-20(23-13)17(25)10-15-4-5-16(11-18(26)27)24-19(15)14-6-8-21(2,3)9-7-14;/h6-8,12,15,25H,5,9-11,13-14H2,1-4H3;4-6,10,13,23H,7-9,11-12H2,1-3H3,(H,26,27);4-6,12H,7-11H2,1-3H3,(H,22,23)(H,26,27);1H4. The number of allylic oxidation sites excluding steroid dienone is 6. The number of nitrogens with one attached hydrogen (secondary N) is 3. The number of esters is 1. The average Bonchev–Trinajstić information content (AvgIpc) is 3.57. The van der Waals surface area contributed by atoms with E-state index in [1.807, 2.05) is 69.6 Å². The van der Waals surface area contributed by atoms with Gasteiger partial charge in [0.25, 0.3) is 0 Å². The van der Waals surface area contributed by atoms with E-state index in [1.165, 1.54) is 5.57 Å². The zero-order valence-corrected chi connectivity index (χ0v) is 49.9. The fourth-order valence-electron chi connectivity index (χ4n) is 10.4. The molecule has 0 bridgehead atoms. The molecule has 0 fully saturated rings. The maximum Gasteiger partial charge on any atom is 0.311 e. The first-order valence-corrected chi connectivity index (χ1v) is 28.8. The van der Waals surface area contributed by atoms with E-state index in [0.29, 0.717) is 40.9 Å². The van der Waals surface area contributed by atoms with Crippen LogP contribution < -0.4 is 0 Å². The van der Waals surface area contributed by atoms with Crippen LogP contribution in [0.2, 0.25) is 0 Å². The lowest BCUT2D eigenvalue weighted by atomic mass is 9.77. The molecular weight excluding hydrogens is 1060 g/mol. The number of carbonyl (C=O) groups is 6. The normalized spacial score (nSPS) is 15.7. The van der Waals surface area contributed by atoms with Crippen LogP contribution in [0.4, 0.5) is 0 Å². The number of H-pyrrole nitrogens is 3. The van der Waals surface area contributed by atoms with Gasteiger partial charge < -0.3 is 29.9 Å². The molecule has 16 nitrogen and oxygen atoms in total. The van der Waals surface area contributed by atoms with Gasteiger partial charge in [0.2, 0.25) is 5.78 Å². The molecule has 9 rings (SSSR count). The molecule has 6 aromatic rings. The highest BCUT2D eigenvalue weighted by Gasteiger charge is 2.28. The van der Waals surface area contributed by atoms with Gasteiger partial charge in [-0.05, 0) is 177 Å². The number of carboxylic acid groups (broad SMARTS) is 2. The molecular formula is C68H85N7O9. The second-order valence-electron chi connectivity index (χ2n) is 24.7. The van der Waals surface area contributed by atoms with Crippen molar-refractivity contribution in [3.63, 3.8) is 0 Å². The Morgan fingerprint density at radius 2 is 0.905 bits per heavy atom. The van der Waals surface area contributed by atoms with Crippen molar-refractivity contribution in [1.29, 1.82) is 0 Å². The quantitative estimate of drug-likeness (QED) is 0.0374. The van der Waals surface area contributed by atoms with Crippen LogP contribution in [0.15, 0.2) is 85.3 Å². The average molecular weight is 1140 g/mol. The number of rotatable bonds is 19. The lowest BCUT2D eigenvalue weighted by Crippen LogP contribution is -2.16. The number of hydrogen-bond acceptors (Lipinski definition) is 11. The largest absolute Gasteiger partial charge is 0.481 e. The van der Waals surface area contributed by atoms with Crippen molar-refractivity contribution in [2.45, 2.75) is 173 Å². The van der Waals surface area contributed by atoms with E-state index >= 15 is 0 Å². The van der Waals surface area contributed by atoms with E-state index in [4.69, 9.17) is 19.9 Å². The number of nitrogens with zero attached hydrogens (tertiary/aromatic N) is 4. The Kier molecular flexibility index (Phi) is 22.0. The first-order chi connectivity index (χ1) is 39.2. The minimum Gasteiger partial charge on any atom is -0.481 e. The number of aromatic nitrogens is 7. The first kappa shape index (κ1) is 65.0. The van der Waals surface area contributed by atoms with Crippen LogP contribution >= 0.6 is 0 Å². The summed E-state index contributed by atoms with van der Waals surface area (Å²) in [6.45, 7) is 21.4. The minimum atomic E-state index is -0.915. The number of aromatic amines is 3. The number of Topliss-reactive ketones (excluding diaryl/α,β-unsaturated/α-hetero) is 3. The molecule has 3 aliphatic rings. The molecule has 0 atom stereocenters. The molecule has 0 saturated heterocycles. The van der Waals surface area contributed by atoms with Gasteiger partial charge in [-0.1, -0.05) is 85.4 Å². The van der Waals surface area contributed by atoms with Gasteiger partial charge in [-0.15, -0.1) is 0 Å². The summed E-state index contributed by atoms with van der Waals surface area (Å²) in [5, 5.41) is 18.2. The van der Waals surface area contributed by atoms with Crippen LogP contribution in [0.3, 0.4) is 0 Å². The van der Waals surface area contributed by atoms with Gasteiger partial charge in [0.1, 0.15) is 0 Å². The Hall–Kier alpha value is -8.14. The zero-order valence-electron chi connectivity index (χ0n) is 49.9. The van der Waals surface area contributed by atoms with E-state index < -0.39 is 11.9 Å². The molecule has 0 aliphatic heterocycles. The number of hydrogen-bond donors (Lipinski definition) is 5. The number of ether oxygens (including phenoxy) is 1. The maximum atomic E-state index is 12.8. The van der Waals surface area contributed by atoms with Crippen LogP contribution in [0.5, 0.6) is 0 Å². The summed E-state index contributed by atoms with van der Waals surface area (Å²) in [6, 6.07) is 14.6. The van der Waals surface area contributed by atoms with E-state index in [1.54, 1.807) is 25.3 Å². The highest BCUT2D eigenvalue weighted by Crippen LogP contribution is 2.41. The highest BCUT2D eigenvalue weighted by molar-refractivity contribution is 5.98. The van der Waals surface area contributed by atoms with Gasteiger partial charge in [-0.3, -0.25) is 43.7 Å². The third-order valence-corrected chi connectivity index (χ3v) is 15.5. The van der Waals surface area contributed by atoms with Gasteiger partial charge in [-0.2, -0.15) is 0 Å². The van der Waals surface area contributed by atoms with Crippen molar-refractivity contribution in [2.75, 3.05) is 6.61 Å². The Labute approximate surface area is 494 Å². The molecule has 0 spiro atoms. The zero-order chi connectivity index (χ0) is 60.2. The molecule has 446 valence electrons. The van der Waals surface area contributed by atoms with Crippen molar-refractivity contribution in [3.05, 3.63) is 170 Å². The molecule has 6 heterocycles. The van der Waals surface area contributed by atoms with Gasteiger partial charge in [0.15, 0.2) is 17.4 Å². The highest BCUT2D eigenvalue weighted by atomic mass is 16.5. The number of imidazole rings is 1. The van der Waals surface area contributed by atoms with Crippen molar-refractivity contribution >= 4 is 52.0 Å². The summed E-state index contributed by atoms with van der Waals surface area (Å²) in [7, 11) is 0. The number of carbonyl (C=O) groups excluding carboxylic acids is 4. The summed E-state index contributed by atoms with van der Waals surface area (Å²) in [5.74, 6) is -1.82. The second kappa shape index (κ2) is 28.4. The van der Waals surface area contributed by atoms with E-state index in [2.05, 4.69) is 89.7 Å². The van der Waals surface area contributed by atoms with Gasteiger partial charge >= 0.3 is 17.9 Å². The van der Waals surface area contributed by atoms with Crippen LogP contribution in [-0.2, 0) is 57.6 Å². The molecule has 6 aromatic heterocycles. The van der Waals surface area contributed by atoms with Crippen LogP contribution in [0.1, 0.15) is 213 Å². The Morgan fingerprint density at radius 3 is 1.20 bits per heavy atom. The monoisotopic (exact) mass is 1140 g/mol. The minimum absolute atomic E-state index is 0. The van der Waals surface area contributed by atoms with Crippen molar-refractivity contribution in [3.8, 4) is 0 Å². The Balaban J connectivity index is 0.000000201. The van der Waals surface area contributed by atoms with Crippen molar-refractivity contribution in [1.82, 2.24) is 34.9 Å². The van der Waals surface area contributed by atoms with Crippen LogP contribution in [0.25, 0.3) is 16.7 Å². The molecule has 0 unspecified atom stereocenters. The van der Waals surface area contributed by atoms with Crippen molar-refractivity contribution in [2.24, 2.45) is 16.2 Å². The first-order valence-electron chi connectivity index (χ1n) is 28.8.